The number of esters is 1. The summed E-state index contributed by atoms with van der Waals surface area (Å²) in [4.78, 5) is 23.0. The Kier molecular flexibility index (Phi) is 5.10. The normalized spacial score (nSPS) is 17.1. The Morgan fingerprint density at radius 3 is 2.12 bits per heavy atom. The lowest BCUT2D eigenvalue weighted by Crippen LogP contribution is -2.64. The van der Waals surface area contributed by atoms with Gasteiger partial charge in [-0.05, 0) is 34.6 Å². The van der Waals surface area contributed by atoms with E-state index in [4.69, 9.17) is 20.3 Å². The summed E-state index contributed by atoms with van der Waals surface area (Å²) in [6.07, 6.45) is -0.972. The lowest BCUT2D eigenvalue weighted by molar-refractivity contribution is -0.176. The summed E-state index contributed by atoms with van der Waals surface area (Å²) < 4.78 is 10.1. The first kappa shape index (κ1) is 15.9. The van der Waals surface area contributed by atoms with Crippen LogP contribution in [0.25, 0.3) is 0 Å². The largest absolute Gasteiger partial charge is 0.479 e. The second-order valence-corrected chi connectivity index (χ2v) is 4.77. The number of hydrogen-bond donors (Lipinski definition) is 2. The van der Waals surface area contributed by atoms with Gasteiger partial charge in [-0.1, -0.05) is 0 Å². The predicted octanol–water partition coefficient (Wildman–Crippen LogP) is 0.535. The maximum Gasteiger partial charge on any atom is 0.341 e. The third-order valence-corrected chi connectivity index (χ3v) is 2.15. The second kappa shape index (κ2) is 5.46. The molecule has 6 nitrogen and oxygen atoms in total. The first-order valence-electron chi connectivity index (χ1n) is 5.43. The number of aliphatic carboxylic acids is 1. The van der Waals surface area contributed by atoms with E-state index in [1.807, 2.05) is 0 Å². The van der Waals surface area contributed by atoms with Crippen molar-refractivity contribution in [3.05, 3.63) is 0 Å². The van der Waals surface area contributed by atoms with Crippen molar-refractivity contribution in [3.8, 4) is 0 Å². The van der Waals surface area contributed by atoms with Gasteiger partial charge < -0.3 is 20.3 Å². The Labute approximate surface area is 101 Å². The molecule has 3 N–H and O–H groups in total. The number of carboxylic acids is 1. The average Bonchev–Trinajstić information content (AvgIpc) is 2.13. The number of carboxylic acid groups (broad SMARTS) is 1. The van der Waals surface area contributed by atoms with Crippen LogP contribution in [-0.2, 0) is 19.1 Å². The zero-order valence-corrected chi connectivity index (χ0v) is 10.9. The van der Waals surface area contributed by atoms with E-state index in [1.165, 1.54) is 6.92 Å². The van der Waals surface area contributed by atoms with Crippen LogP contribution in [0, 0.1) is 0 Å². The SMILES string of the molecule is CCO[C@@H](C)[C@](N)(C(=O)O)C(=O)OC(C)(C)C. The molecule has 0 heterocycles. The number of carbonyl (C=O) groups excluding carboxylic acids is 1. The second-order valence-electron chi connectivity index (χ2n) is 4.77. The van der Waals surface area contributed by atoms with Crippen LogP contribution in [0.2, 0.25) is 0 Å². The molecule has 0 aromatic carbocycles. The summed E-state index contributed by atoms with van der Waals surface area (Å²) >= 11 is 0. The van der Waals surface area contributed by atoms with E-state index in [0.29, 0.717) is 0 Å². The number of carbonyl (C=O) groups is 2. The van der Waals surface area contributed by atoms with Gasteiger partial charge >= 0.3 is 11.9 Å². The molecular formula is C11H21NO5. The van der Waals surface area contributed by atoms with Gasteiger partial charge in [-0.25, -0.2) is 9.59 Å². The minimum absolute atomic E-state index is 0.260. The monoisotopic (exact) mass is 247 g/mol. The van der Waals surface area contributed by atoms with Crippen LogP contribution in [0.15, 0.2) is 0 Å². The summed E-state index contributed by atoms with van der Waals surface area (Å²) in [6, 6.07) is 0. The molecule has 0 aliphatic rings. The molecule has 0 saturated carbocycles. The molecule has 0 aromatic rings. The van der Waals surface area contributed by atoms with Gasteiger partial charge in [0.05, 0.1) is 6.10 Å². The number of hydrogen-bond acceptors (Lipinski definition) is 5. The summed E-state index contributed by atoms with van der Waals surface area (Å²) in [5.41, 5.74) is 2.63. The fourth-order valence-electron chi connectivity index (χ4n) is 1.17. The van der Waals surface area contributed by atoms with Crippen molar-refractivity contribution >= 4 is 11.9 Å². The van der Waals surface area contributed by atoms with Crippen molar-refractivity contribution in [1.29, 1.82) is 0 Å². The van der Waals surface area contributed by atoms with Gasteiger partial charge in [0.1, 0.15) is 5.60 Å². The molecule has 0 rings (SSSR count). The molecule has 100 valence electrons. The van der Waals surface area contributed by atoms with Gasteiger partial charge in [-0.2, -0.15) is 0 Å². The van der Waals surface area contributed by atoms with Gasteiger partial charge in [0.2, 0.25) is 5.54 Å². The molecule has 17 heavy (non-hydrogen) atoms. The van der Waals surface area contributed by atoms with Crippen LogP contribution < -0.4 is 5.73 Å². The van der Waals surface area contributed by atoms with Crippen LogP contribution in [-0.4, -0.2) is 40.9 Å². The van der Waals surface area contributed by atoms with Crippen molar-refractivity contribution in [1.82, 2.24) is 0 Å². The molecule has 0 aliphatic carbocycles. The molecule has 0 radical (unpaired) electrons. The number of ether oxygens (including phenoxy) is 2. The van der Waals surface area contributed by atoms with Gasteiger partial charge in [0.15, 0.2) is 0 Å². The Bertz CT molecular complexity index is 297. The number of nitrogens with two attached hydrogens (primary N) is 1. The minimum Gasteiger partial charge on any atom is -0.479 e. The van der Waals surface area contributed by atoms with E-state index < -0.39 is 29.2 Å². The lowest BCUT2D eigenvalue weighted by Gasteiger charge is -2.31. The van der Waals surface area contributed by atoms with Crippen molar-refractivity contribution in [3.63, 3.8) is 0 Å². The van der Waals surface area contributed by atoms with E-state index in [0.717, 1.165) is 0 Å². The highest BCUT2D eigenvalue weighted by molar-refractivity contribution is 6.04. The highest BCUT2D eigenvalue weighted by atomic mass is 16.6. The highest BCUT2D eigenvalue weighted by Gasteiger charge is 2.50. The highest BCUT2D eigenvalue weighted by Crippen LogP contribution is 2.18. The van der Waals surface area contributed by atoms with E-state index in [9.17, 15) is 9.59 Å². The number of rotatable bonds is 5. The summed E-state index contributed by atoms with van der Waals surface area (Å²) in [7, 11) is 0. The van der Waals surface area contributed by atoms with E-state index in [-0.39, 0.29) is 6.61 Å². The van der Waals surface area contributed by atoms with Crippen LogP contribution in [0.5, 0.6) is 0 Å². The average molecular weight is 247 g/mol. The zero-order valence-electron chi connectivity index (χ0n) is 10.9. The molecule has 2 atom stereocenters. The smallest absolute Gasteiger partial charge is 0.341 e. The quantitative estimate of drug-likeness (QED) is 0.543. The molecule has 6 heteroatoms. The van der Waals surface area contributed by atoms with Crippen LogP contribution >= 0.6 is 0 Å². The predicted molar refractivity (Wildman–Crippen MR) is 61.5 cm³/mol. The fourth-order valence-corrected chi connectivity index (χ4v) is 1.17. The van der Waals surface area contributed by atoms with Crippen LogP contribution in [0.4, 0.5) is 0 Å². The topological polar surface area (TPSA) is 98.9 Å². The van der Waals surface area contributed by atoms with Gasteiger partial charge in [-0.15, -0.1) is 0 Å². The minimum atomic E-state index is -2.19. The van der Waals surface area contributed by atoms with Crippen molar-refractivity contribution < 1.29 is 24.2 Å². The third-order valence-electron chi connectivity index (χ3n) is 2.15. The van der Waals surface area contributed by atoms with E-state index in [2.05, 4.69) is 0 Å². The third kappa shape index (κ3) is 3.98. The molecule has 0 fully saturated rings. The maximum absolute atomic E-state index is 11.8. The lowest BCUT2D eigenvalue weighted by atomic mass is 9.94. The Hall–Kier alpha value is -1.14. The van der Waals surface area contributed by atoms with Crippen molar-refractivity contribution in [2.75, 3.05) is 6.61 Å². The van der Waals surface area contributed by atoms with Crippen molar-refractivity contribution in [2.24, 2.45) is 5.73 Å². The summed E-state index contributed by atoms with van der Waals surface area (Å²) in [6.45, 7) is 8.29. The van der Waals surface area contributed by atoms with Crippen LogP contribution in [0.1, 0.15) is 34.6 Å². The summed E-state index contributed by atoms with van der Waals surface area (Å²) in [5.74, 6) is -2.47. The Morgan fingerprint density at radius 1 is 1.35 bits per heavy atom. The van der Waals surface area contributed by atoms with Gasteiger partial charge in [0, 0.05) is 6.61 Å². The molecule has 0 aliphatic heterocycles. The first-order chi connectivity index (χ1) is 7.55. The van der Waals surface area contributed by atoms with E-state index in [1.54, 1.807) is 27.7 Å². The molecule has 0 spiro atoms. The first-order valence-corrected chi connectivity index (χ1v) is 5.43. The molecular weight excluding hydrogens is 226 g/mol. The molecule has 0 aromatic heterocycles. The van der Waals surface area contributed by atoms with Crippen LogP contribution in [0.3, 0.4) is 0 Å². The fraction of sp³-hybridized carbons (Fsp3) is 0.818. The molecule has 0 bridgehead atoms. The Morgan fingerprint density at radius 2 is 1.82 bits per heavy atom. The van der Waals surface area contributed by atoms with Gasteiger partial charge in [-0.3, -0.25) is 0 Å². The van der Waals surface area contributed by atoms with E-state index >= 15 is 0 Å². The summed E-state index contributed by atoms with van der Waals surface area (Å²) in [5, 5.41) is 9.09. The van der Waals surface area contributed by atoms with Crippen molar-refractivity contribution in [2.45, 2.75) is 51.9 Å². The molecule has 0 saturated heterocycles. The van der Waals surface area contributed by atoms with Gasteiger partial charge in [0.25, 0.3) is 0 Å². The zero-order chi connectivity index (χ0) is 13.9. The molecule has 0 unspecified atom stereocenters. The maximum atomic E-state index is 11.8. The molecule has 0 amide bonds. The standard InChI is InChI=1S/C11H21NO5/c1-6-16-7(2)11(12,8(13)14)9(15)17-10(3,4)5/h7H,6,12H2,1-5H3,(H,13,14)/t7-,11-/m0/s1. The Balaban J connectivity index is 5.08.